The smallest absolute Gasteiger partial charge is 0.425 e. The molecule has 1 rings (SSSR count). The van der Waals surface area contributed by atoms with Crippen LogP contribution in [-0.2, 0) is 0 Å². The Kier molecular flexibility index (Phi) is 1.11. The Bertz CT molecular complexity index is 305. The van der Waals surface area contributed by atoms with Gasteiger partial charge in [-0.1, -0.05) is 0 Å². The molecule has 0 unspecified atom stereocenters. The van der Waals surface area contributed by atoms with E-state index < -0.39 is 17.2 Å². The first-order chi connectivity index (χ1) is 4.20. The summed E-state index contributed by atoms with van der Waals surface area (Å²) < 4.78 is 7.88. The van der Waals surface area contributed by atoms with E-state index in [0.717, 1.165) is 0 Å². The second-order valence-corrected chi connectivity index (χ2v) is 1.25. The fourth-order valence-electron chi connectivity index (χ4n) is 0.313. The van der Waals surface area contributed by atoms with Crippen molar-refractivity contribution >= 4 is 0 Å². The predicted octanol–water partition coefficient (Wildman–Crippen LogP) is -0.701. The second kappa shape index (κ2) is 1.77. The Morgan fingerprint density at radius 2 is 2.00 bits per heavy atom. The third kappa shape index (κ3) is 0.987. The van der Waals surface area contributed by atoms with Crippen molar-refractivity contribution in [3.05, 3.63) is 27.1 Å². The molecule has 0 saturated carbocycles. The number of hydrogen-bond donors (Lipinski definition) is 1. The summed E-state index contributed by atoms with van der Waals surface area (Å²) in [5.74, 6) is -0.709. The van der Waals surface area contributed by atoms with Gasteiger partial charge in [0.2, 0.25) is 0 Å². The molecule has 0 spiro atoms. The monoisotopic (exact) mass is 130 g/mol. The zero-order chi connectivity index (χ0) is 6.85. The van der Waals surface area contributed by atoms with Crippen LogP contribution < -0.4 is 11.3 Å². The highest BCUT2D eigenvalue weighted by Gasteiger charge is 1.97. The van der Waals surface area contributed by atoms with E-state index in [1.807, 2.05) is 0 Å². The highest BCUT2D eigenvalue weighted by molar-refractivity contribution is 4.87. The van der Waals surface area contributed by atoms with Crippen LogP contribution in [0.3, 0.4) is 0 Å². The maximum atomic E-state index is 10.1. The van der Waals surface area contributed by atoms with Crippen molar-refractivity contribution in [3.63, 3.8) is 0 Å². The maximum Gasteiger partial charge on any atom is 0.425 e. The van der Waals surface area contributed by atoms with Gasteiger partial charge in [0.1, 0.15) is 0 Å². The molecule has 9 heavy (non-hydrogen) atoms. The number of aromatic hydroxyl groups is 1. The van der Waals surface area contributed by atoms with Gasteiger partial charge in [-0.05, 0) is 0 Å². The predicted molar refractivity (Wildman–Crippen MR) is 25.2 cm³/mol. The van der Waals surface area contributed by atoms with Crippen molar-refractivity contribution in [2.45, 2.75) is 0 Å². The molecule has 0 atom stereocenters. The molecule has 5 nitrogen and oxygen atoms in total. The molecule has 1 aromatic rings. The molecular weight excluding hydrogens is 128 g/mol. The molecule has 0 aliphatic heterocycles. The lowest BCUT2D eigenvalue weighted by Gasteiger charge is -1.81. The number of rotatable bonds is 0. The molecule has 0 aliphatic rings. The molecule has 0 saturated heterocycles. The van der Waals surface area contributed by atoms with Gasteiger partial charge in [-0.25, -0.2) is 9.59 Å². The van der Waals surface area contributed by atoms with Crippen LogP contribution in [0.4, 0.5) is 0 Å². The van der Waals surface area contributed by atoms with Crippen LogP contribution in [0.5, 0.6) is 5.95 Å². The van der Waals surface area contributed by atoms with E-state index in [2.05, 4.69) is 8.83 Å². The molecule has 1 N–H and O–H groups in total. The summed E-state index contributed by atoms with van der Waals surface area (Å²) in [7, 11) is 0. The van der Waals surface area contributed by atoms with Crippen molar-refractivity contribution < 1.29 is 13.9 Å². The van der Waals surface area contributed by atoms with Crippen molar-refractivity contribution in [2.75, 3.05) is 0 Å². The average molecular weight is 130 g/mol. The van der Waals surface area contributed by atoms with E-state index >= 15 is 0 Å². The van der Waals surface area contributed by atoms with Crippen molar-refractivity contribution in [1.82, 2.24) is 0 Å². The standard InChI is InChI=1S/C4H2O5/c5-2-1-8-3(6)4(7)9-2/h1,5H. The molecule has 0 radical (unpaired) electrons. The van der Waals surface area contributed by atoms with E-state index in [4.69, 9.17) is 5.11 Å². The Morgan fingerprint density at radius 3 is 2.44 bits per heavy atom. The highest BCUT2D eigenvalue weighted by Crippen LogP contribution is 1.96. The van der Waals surface area contributed by atoms with Gasteiger partial charge in [0.05, 0.1) is 0 Å². The molecule has 1 aromatic heterocycles. The summed E-state index contributed by atoms with van der Waals surface area (Å²) in [5, 5.41) is 8.34. The summed E-state index contributed by atoms with van der Waals surface area (Å²) in [6.45, 7) is 0. The molecular formula is C4H2O5. The third-order valence-electron chi connectivity index (χ3n) is 0.631. The van der Waals surface area contributed by atoms with Gasteiger partial charge in [-0.3, -0.25) is 0 Å². The van der Waals surface area contributed by atoms with Gasteiger partial charge in [-0.2, -0.15) is 0 Å². The number of hydrogen-bond acceptors (Lipinski definition) is 5. The van der Waals surface area contributed by atoms with Crippen LogP contribution >= 0.6 is 0 Å². The minimum Gasteiger partial charge on any atom is -0.478 e. The second-order valence-electron chi connectivity index (χ2n) is 1.25. The lowest BCUT2D eigenvalue weighted by molar-refractivity contribution is 0.264. The van der Waals surface area contributed by atoms with Crippen LogP contribution in [0, 0.1) is 0 Å². The van der Waals surface area contributed by atoms with Gasteiger partial charge in [0.15, 0.2) is 6.26 Å². The van der Waals surface area contributed by atoms with Crippen LogP contribution in [0.1, 0.15) is 0 Å². The average Bonchev–Trinajstić information content (AvgIpc) is 1.80. The van der Waals surface area contributed by atoms with E-state index in [9.17, 15) is 9.59 Å². The summed E-state index contributed by atoms with van der Waals surface area (Å²) in [6.07, 6.45) is 0.643. The minimum atomic E-state index is -1.21. The molecule has 0 bridgehead atoms. The third-order valence-corrected chi connectivity index (χ3v) is 0.631. The first-order valence-corrected chi connectivity index (χ1v) is 2.02. The molecule has 1 heterocycles. The van der Waals surface area contributed by atoms with Crippen LogP contribution in [0.2, 0.25) is 0 Å². The van der Waals surface area contributed by atoms with Gasteiger partial charge < -0.3 is 13.9 Å². The molecule has 0 aliphatic carbocycles. The van der Waals surface area contributed by atoms with Gasteiger partial charge in [-0.15, -0.1) is 0 Å². The van der Waals surface area contributed by atoms with Crippen molar-refractivity contribution in [3.8, 4) is 5.95 Å². The Labute approximate surface area is 48.2 Å². The quantitative estimate of drug-likeness (QED) is 0.469. The summed E-state index contributed by atoms with van der Waals surface area (Å²) in [5.41, 5.74) is -2.34. The SMILES string of the molecule is O=c1occ(O)oc1=O. The summed E-state index contributed by atoms with van der Waals surface area (Å²) >= 11 is 0. The Balaban J connectivity index is 3.53. The van der Waals surface area contributed by atoms with Crippen LogP contribution in [0.25, 0.3) is 0 Å². The van der Waals surface area contributed by atoms with Crippen LogP contribution in [0.15, 0.2) is 24.7 Å². The van der Waals surface area contributed by atoms with Crippen molar-refractivity contribution in [1.29, 1.82) is 0 Å². The van der Waals surface area contributed by atoms with Crippen LogP contribution in [-0.4, -0.2) is 5.11 Å². The zero-order valence-corrected chi connectivity index (χ0v) is 4.16. The fourth-order valence-corrected chi connectivity index (χ4v) is 0.313. The van der Waals surface area contributed by atoms with E-state index in [-0.39, 0.29) is 0 Å². The molecule has 0 amide bonds. The lowest BCUT2D eigenvalue weighted by Crippen LogP contribution is -2.20. The fraction of sp³-hybridized carbons (Fsp3) is 0. The normalized spacial score (nSPS) is 9.33. The topological polar surface area (TPSA) is 80.7 Å². The molecule has 0 aromatic carbocycles. The summed E-state index contributed by atoms with van der Waals surface area (Å²) in [4.78, 5) is 20.2. The molecule has 5 heteroatoms. The van der Waals surface area contributed by atoms with E-state index in [1.165, 1.54) is 0 Å². The van der Waals surface area contributed by atoms with Gasteiger partial charge in [0.25, 0.3) is 0 Å². The van der Waals surface area contributed by atoms with E-state index in [1.54, 1.807) is 0 Å². The first kappa shape index (κ1) is 5.61. The van der Waals surface area contributed by atoms with Gasteiger partial charge >= 0.3 is 17.2 Å². The summed E-state index contributed by atoms with van der Waals surface area (Å²) in [6, 6.07) is 0. The molecule has 48 valence electrons. The highest BCUT2D eigenvalue weighted by atomic mass is 16.5. The Hall–Kier alpha value is -1.52. The largest absolute Gasteiger partial charge is 0.478 e. The zero-order valence-electron chi connectivity index (χ0n) is 4.16. The Morgan fingerprint density at radius 1 is 1.33 bits per heavy atom. The maximum absolute atomic E-state index is 10.1. The van der Waals surface area contributed by atoms with Gasteiger partial charge in [0, 0.05) is 0 Å². The first-order valence-electron chi connectivity index (χ1n) is 2.02. The van der Waals surface area contributed by atoms with Crippen molar-refractivity contribution in [2.24, 2.45) is 0 Å². The minimum absolute atomic E-state index is 0.643. The lowest BCUT2D eigenvalue weighted by atomic mass is 10.8. The van der Waals surface area contributed by atoms with E-state index in [0.29, 0.717) is 6.26 Å². The molecule has 0 fully saturated rings.